The Bertz CT molecular complexity index is 1010. The van der Waals surface area contributed by atoms with E-state index in [0.29, 0.717) is 30.5 Å². The Morgan fingerprint density at radius 1 is 1.10 bits per heavy atom. The quantitative estimate of drug-likeness (QED) is 0.587. The van der Waals surface area contributed by atoms with Gasteiger partial charge in [0.15, 0.2) is 0 Å². The SMILES string of the molecule is CCC(C)c1ccc(C(NC(=O)CCc2c(C)nc3ncnn3c2C)C(C)C)cc1. The summed E-state index contributed by atoms with van der Waals surface area (Å²) in [7, 11) is 0. The second kappa shape index (κ2) is 9.37. The molecule has 0 fully saturated rings. The Labute approximate surface area is 179 Å². The molecule has 2 atom stereocenters. The zero-order valence-corrected chi connectivity index (χ0v) is 18.9. The molecular formula is C24H33N5O. The number of aromatic nitrogens is 4. The first-order valence-corrected chi connectivity index (χ1v) is 10.9. The van der Waals surface area contributed by atoms with Gasteiger partial charge < -0.3 is 5.32 Å². The molecule has 0 aliphatic heterocycles. The van der Waals surface area contributed by atoms with E-state index in [4.69, 9.17) is 0 Å². The molecule has 0 saturated carbocycles. The first-order valence-electron chi connectivity index (χ1n) is 10.9. The molecule has 0 bridgehead atoms. The fourth-order valence-electron chi connectivity index (χ4n) is 3.90. The minimum absolute atomic E-state index is 0.00148. The van der Waals surface area contributed by atoms with Crippen molar-refractivity contribution in [1.29, 1.82) is 0 Å². The minimum atomic E-state index is 0.00148. The predicted octanol–water partition coefficient (Wildman–Crippen LogP) is 4.70. The molecule has 1 N–H and O–H groups in total. The van der Waals surface area contributed by atoms with E-state index in [0.717, 1.165) is 28.9 Å². The molecular weight excluding hydrogens is 374 g/mol. The average molecular weight is 408 g/mol. The number of amides is 1. The Morgan fingerprint density at radius 2 is 1.77 bits per heavy atom. The van der Waals surface area contributed by atoms with E-state index in [9.17, 15) is 4.79 Å². The molecule has 6 nitrogen and oxygen atoms in total. The van der Waals surface area contributed by atoms with Gasteiger partial charge in [-0.25, -0.2) is 9.50 Å². The van der Waals surface area contributed by atoms with Crippen LogP contribution in [0.5, 0.6) is 0 Å². The predicted molar refractivity (Wildman–Crippen MR) is 119 cm³/mol. The lowest BCUT2D eigenvalue weighted by Gasteiger charge is -2.24. The average Bonchev–Trinajstić information content (AvgIpc) is 3.19. The zero-order valence-electron chi connectivity index (χ0n) is 18.9. The van der Waals surface area contributed by atoms with Crippen LogP contribution in [0.15, 0.2) is 30.6 Å². The van der Waals surface area contributed by atoms with Crippen molar-refractivity contribution in [2.24, 2.45) is 5.92 Å². The molecule has 1 aromatic carbocycles. The van der Waals surface area contributed by atoms with Crippen molar-refractivity contribution >= 4 is 11.7 Å². The topological polar surface area (TPSA) is 72.2 Å². The number of carbonyl (C=O) groups excluding carboxylic acids is 1. The normalized spacial score (nSPS) is 13.6. The van der Waals surface area contributed by atoms with Gasteiger partial charge in [0.25, 0.3) is 5.78 Å². The van der Waals surface area contributed by atoms with E-state index in [2.05, 4.69) is 72.3 Å². The van der Waals surface area contributed by atoms with Crippen LogP contribution in [-0.2, 0) is 11.2 Å². The monoisotopic (exact) mass is 407 g/mol. The van der Waals surface area contributed by atoms with Crippen LogP contribution in [0.4, 0.5) is 0 Å². The third kappa shape index (κ3) is 4.69. The third-order valence-electron chi connectivity index (χ3n) is 6.05. The highest BCUT2D eigenvalue weighted by Crippen LogP contribution is 2.25. The van der Waals surface area contributed by atoms with Gasteiger partial charge in [0.2, 0.25) is 5.91 Å². The number of hydrogen-bond donors (Lipinski definition) is 1. The molecule has 3 rings (SSSR count). The first kappa shape index (κ1) is 21.9. The number of hydrogen-bond acceptors (Lipinski definition) is 4. The van der Waals surface area contributed by atoms with Gasteiger partial charge in [-0.1, -0.05) is 52.0 Å². The van der Waals surface area contributed by atoms with Gasteiger partial charge in [-0.3, -0.25) is 4.79 Å². The smallest absolute Gasteiger partial charge is 0.252 e. The Hall–Kier alpha value is -2.76. The lowest BCUT2D eigenvalue weighted by molar-refractivity contribution is -0.122. The van der Waals surface area contributed by atoms with Crippen LogP contribution in [0, 0.1) is 19.8 Å². The van der Waals surface area contributed by atoms with Gasteiger partial charge in [0.1, 0.15) is 6.33 Å². The summed E-state index contributed by atoms with van der Waals surface area (Å²) in [5.74, 6) is 1.50. The molecule has 2 heterocycles. The van der Waals surface area contributed by atoms with Gasteiger partial charge in [-0.2, -0.15) is 10.1 Å². The third-order valence-corrected chi connectivity index (χ3v) is 6.05. The molecule has 0 radical (unpaired) electrons. The van der Waals surface area contributed by atoms with Crippen molar-refractivity contribution in [1.82, 2.24) is 24.9 Å². The Balaban J connectivity index is 1.69. The van der Waals surface area contributed by atoms with E-state index >= 15 is 0 Å². The largest absolute Gasteiger partial charge is 0.349 e. The van der Waals surface area contributed by atoms with Crippen molar-refractivity contribution < 1.29 is 4.79 Å². The summed E-state index contributed by atoms with van der Waals surface area (Å²) >= 11 is 0. The highest BCUT2D eigenvalue weighted by molar-refractivity contribution is 5.76. The van der Waals surface area contributed by atoms with Crippen LogP contribution in [0.1, 0.15) is 80.6 Å². The molecule has 2 unspecified atom stereocenters. The van der Waals surface area contributed by atoms with Crippen LogP contribution in [0.3, 0.4) is 0 Å². The summed E-state index contributed by atoms with van der Waals surface area (Å²) in [5.41, 5.74) is 5.45. The fraction of sp³-hybridized carbons (Fsp3) is 0.500. The van der Waals surface area contributed by atoms with E-state index < -0.39 is 0 Å². The standard InChI is InChI=1S/C24H33N5O/c1-7-16(4)19-8-10-20(11-9-19)23(15(2)3)28-22(30)13-12-21-17(5)27-24-25-14-26-29(24)18(21)6/h8-11,14-16,23H,7,12-13H2,1-6H3,(H,28,30). The van der Waals surface area contributed by atoms with Crippen LogP contribution in [0.2, 0.25) is 0 Å². The van der Waals surface area contributed by atoms with Gasteiger partial charge in [0.05, 0.1) is 6.04 Å². The summed E-state index contributed by atoms with van der Waals surface area (Å²) < 4.78 is 1.73. The molecule has 1 amide bonds. The van der Waals surface area contributed by atoms with Gasteiger partial charge in [-0.15, -0.1) is 0 Å². The second-order valence-electron chi connectivity index (χ2n) is 8.50. The summed E-state index contributed by atoms with van der Waals surface area (Å²) in [6.07, 6.45) is 3.67. The number of rotatable bonds is 8. The molecule has 3 aromatic rings. The van der Waals surface area contributed by atoms with Crippen molar-refractivity contribution in [3.8, 4) is 0 Å². The van der Waals surface area contributed by atoms with Crippen molar-refractivity contribution in [2.75, 3.05) is 0 Å². The summed E-state index contributed by atoms with van der Waals surface area (Å²) in [4.78, 5) is 21.4. The van der Waals surface area contributed by atoms with Gasteiger partial charge >= 0.3 is 0 Å². The molecule has 0 aliphatic rings. The van der Waals surface area contributed by atoms with Crippen LogP contribution >= 0.6 is 0 Å². The lowest BCUT2D eigenvalue weighted by Crippen LogP contribution is -2.32. The number of nitrogens with one attached hydrogen (secondary N) is 1. The summed E-state index contributed by atoms with van der Waals surface area (Å²) in [6, 6.07) is 8.70. The lowest BCUT2D eigenvalue weighted by atomic mass is 9.92. The number of fused-ring (bicyclic) bond motifs is 1. The minimum Gasteiger partial charge on any atom is -0.349 e. The maximum absolute atomic E-state index is 12.8. The number of benzene rings is 1. The van der Waals surface area contributed by atoms with E-state index in [-0.39, 0.29) is 11.9 Å². The molecule has 160 valence electrons. The Morgan fingerprint density at radius 3 is 2.40 bits per heavy atom. The van der Waals surface area contributed by atoms with Gasteiger partial charge in [-0.05, 0) is 55.2 Å². The van der Waals surface area contributed by atoms with Crippen molar-refractivity contribution in [3.63, 3.8) is 0 Å². The zero-order chi connectivity index (χ0) is 21.8. The highest BCUT2D eigenvalue weighted by Gasteiger charge is 2.19. The molecule has 0 saturated heterocycles. The first-order chi connectivity index (χ1) is 14.3. The summed E-state index contributed by atoms with van der Waals surface area (Å²) in [5, 5.41) is 7.47. The number of nitrogens with zero attached hydrogens (tertiary/aromatic N) is 4. The maximum Gasteiger partial charge on any atom is 0.252 e. The van der Waals surface area contributed by atoms with Crippen molar-refractivity contribution in [2.45, 2.75) is 72.8 Å². The van der Waals surface area contributed by atoms with E-state index in [1.165, 1.54) is 11.9 Å². The van der Waals surface area contributed by atoms with E-state index in [1.807, 2.05) is 13.8 Å². The molecule has 0 spiro atoms. The molecule has 2 aromatic heterocycles. The number of carbonyl (C=O) groups is 1. The van der Waals surface area contributed by atoms with Crippen LogP contribution < -0.4 is 5.32 Å². The summed E-state index contributed by atoms with van der Waals surface area (Å²) in [6.45, 7) is 12.7. The van der Waals surface area contributed by atoms with Crippen LogP contribution in [-0.4, -0.2) is 25.5 Å². The van der Waals surface area contributed by atoms with Gasteiger partial charge in [0, 0.05) is 17.8 Å². The fourth-order valence-corrected chi connectivity index (χ4v) is 3.90. The Kier molecular flexibility index (Phi) is 6.85. The van der Waals surface area contributed by atoms with Crippen LogP contribution in [0.25, 0.3) is 5.78 Å². The maximum atomic E-state index is 12.8. The van der Waals surface area contributed by atoms with Crippen molar-refractivity contribution in [3.05, 3.63) is 58.7 Å². The second-order valence-corrected chi connectivity index (χ2v) is 8.50. The van der Waals surface area contributed by atoms with E-state index in [1.54, 1.807) is 4.52 Å². The molecule has 0 aliphatic carbocycles. The molecule has 6 heteroatoms. The molecule has 30 heavy (non-hydrogen) atoms. The number of aryl methyl sites for hydroxylation is 2. The highest BCUT2D eigenvalue weighted by atomic mass is 16.1.